The number of carbonyl (C=O) groups is 1. The molecule has 1 aromatic rings. The van der Waals surface area contributed by atoms with E-state index in [1.165, 1.54) is 7.11 Å². The van der Waals surface area contributed by atoms with E-state index in [2.05, 4.69) is 0 Å². The lowest BCUT2D eigenvalue weighted by atomic mass is 10.1. The maximum atomic E-state index is 12.3. The number of hydrogen-bond acceptors (Lipinski definition) is 4. The number of likely N-dealkylation sites (N-methyl/N-ethyl adjacent to an activating group) is 1. The van der Waals surface area contributed by atoms with Gasteiger partial charge in [0.15, 0.2) is 5.25 Å². The van der Waals surface area contributed by atoms with Crippen molar-refractivity contribution in [3.63, 3.8) is 0 Å². The van der Waals surface area contributed by atoms with Gasteiger partial charge in [0.25, 0.3) is 0 Å². The van der Waals surface area contributed by atoms with E-state index < -0.39 is 10.0 Å². The lowest BCUT2D eigenvalue weighted by Gasteiger charge is -2.48. The number of esters is 1. The van der Waals surface area contributed by atoms with Gasteiger partial charge in [-0.25, -0.2) is 8.68 Å². The van der Waals surface area contributed by atoms with Crippen molar-refractivity contribution < 1.29 is 21.8 Å². The predicted molar refractivity (Wildman–Crippen MR) is 78.4 cm³/mol. The summed E-state index contributed by atoms with van der Waals surface area (Å²) in [5, 5.41) is -0.253. The van der Waals surface area contributed by atoms with Crippen LogP contribution in [-0.4, -0.2) is 50.3 Å². The number of carbonyl (C=O) groups excluding carboxylic acids is 1. The van der Waals surface area contributed by atoms with Crippen LogP contribution in [0, 0.1) is 0 Å². The minimum Gasteiger partial charge on any atom is -0.465 e. The SMILES string of the molecule is COC(=O)c1ccc2c(c1)C[C@@H]([N+]1(C)CC(C)S1(=O)=O)C2. The first-order valence-corrected chi connectivity index (χ1v) is 8.59. The van der Waals surface area contributed by atoms with Gasteiger partial charge in [-0.05, 0) is 30.2 Å². The molecule has 2 unspecified atom stereocenters. The number of nitrogens with zero attached hydrogens (tertiary/aromatic N) is 1. The summed E-state index contributed by atoms with van der Waals surface area (Å²) >= 11 is 0. The Balaban J connectivity index is 1.87. The zero-order chi connectivity index (χ0) is 15.4. The molecule has 3 atom stereocenters. The number of methoxy groups -OCH3 is 1. The number of rotatable bonds is 2. The van der Waals surface area contributed by atoms with Crippen molar-refractivity contribution in [2.75, 3.05) is 20.7 Å². The van der Waals surface area contributed by atoms with E-state index in [-0.39, 0.29) is 21.1 Å². The van der Waals surface area contributed by atoms with Gasteiger partial charge in [0, 0.05) is 12.8 Å². The van der Waals surface area contributed by atoms with E-state index >= 15 is 0 Å². The fraction of sp³-hybridized carbons (Fsp3) is 0.533. The summed E-state index contributed by atoms with van der Waals surface area (Å²) in [6, 6.07) is 5.56. The Bertz CT molecular complexity index is 712. The first kappa shape index (κ1) is 14.5. The van der Waals surface area contributed by atoms with Gasteiger partial charge in [-0.1, -0.05) is 6.07 Å². The van der Waals surface area contributed by atoms with Crippen molar-refractivity contribution in [1.82, 2.24) is 0 Å². The molecule has 6 heteroatoms. The molecule has 1 aromatic carbocycles. The Morgan fingerprint density at radius 1 is 1.29 bits per heavy atom. The number of fused-ring (bicyclic) bond motifs is 1. The number of quaternary nitrogens is 1. The molecule has 21 heavy (non-hydrogen) atoms. The molecule has 0 amide bonds. The van der Waals surface area contributed by atoms with Crippen molar-refractivity contribution in [2.45, 2.75) is 31.1 Å². The predicted octanol–water partition coefficient (Wildman–Crippen LogP) is 1.12. The van der Waals surface area contributed by atoms with E-state index in [0.29, 0.717) is 18.5 Å². The Labute approximate surface area is 125 Å². The molecular weight excluding hydrogens is 290 g/mol. The van der Waals surface area contributed by atoms with E-state index in [0.717, 1.165) is 17.5 Å². The van der Waals surface area contributed by atoms with Crippen LogP contribution in [0.4, 0.5) is 0 Å². The molecule has 0 radical (unpaired) electrons. The van der Waals surface area contributed by atoms with Gasteiger partial charge in [-0.15, -0.1) is 0 Å². The summed E-state index contributed by atoms with van der Waals surface area (Å²) in [4.78, 5) is 11.6. The van der Waals surface area contributed by atoms with Crippen LogP contribution >= 0.6 is 0 Å². The van der Waals surface area contributed by atoms with Crippen molar-refractivity contribution in [2.24, 2.45) is 0 Å². The average Bonchev–Trinajstić information content (AvgIpc) is 2.89. The standard InChI is InChI=1S/C15H20NO4S/c1-10-9-16(2,21(10,18)19)14-7-11-4-5-12(15(17)20-3)6-13(11)8-14/h4-6,10,14H,7-9H2,1-3H3/q+1/t10?,14-,16?/m0/s1. The number of hydrogen-bond donors (Lipinski definition) is 0. The summed E-state index contributed by atoms with van der Waals surface area (Å²) in [5.41, 5.74) is 2.73. The van der Waals surface area contributed by atoms with Gasteiger partial charge < -0.3 is 4.74 Å². The van der Waals surface area contributed by atoms with Gasteiger partial charge in [-0.2, -0.15) is 8.42 Å². The minimum absolute atomic E-state index is 0.0501. The van der Waals surface area contributed by atoms with Crippen molar-refractivity contribution in [3.8, 4) is 0 Å². The third-order valence-corrected chi connectivity index (χ3v) is 7.80. The molecule has 1 saturated heterocycles. The summed E-state index contributed by atoms with van der Waals surface area (Å²) in [6.45, 7) is 2.44. The second-order valence-electron chi connectivity index (χ2n) is 6.22. The molecule has 1 aliphatic heterocycles. The second-order valence-corrected chi connectivity index (χ2v) is 8.89. The smallest absolute Gasteiger partial charge is 0.337 e. The Kier molecular flexibility index (Phi) is 3.15. The van der Waals surface area contributed by atoms with Crippen LogP contribution in [0.15, 0.2) is 18.2 Å². The molecule has 1 heterocycles. The van der Waals surface area contributed by atoms with E-state index in [1.54, 1.807) is 13.0 Å². The van der Waals surface area contributed by atoms with Crippen LogP contribution in [-0.2, 0) is 27.6 Å². The summed E-state index contributed by atoms with van der Waals surface area (Å²) < 4.78 is 29.5. The van der Waals surface area contributed by atoms with Crippen LogP contribution < -0.4 is 0 Å². The van der Waals surface area contributed by atoms with Crippen LogP contribution in [0.5, 0.6) is 0 Å². The molecule has 5 nitrogen and oxygen atoms in total. The Hall–Kier alpha value is -1.40. The zero-order valence-corrected chi connectivity index (χ0v) is 13.3. The number of benzene rings is 1. The van der Waals surface area contributed by atoms with Gasteiger partial charge in [0.05, 0.1) is 19.7 Å². The van der Waals surface area contributed by atoms with Gasteiger partial charge in [0.2, 0.25) is 0 Å². The third-order valence-electron chi connectivity index (χ3n) is 5.02. The van der Waals surface area contributed by atoms with Crippen LogP contribution in [0.25, 0.3) is 0 Å². The molecule has 0 bridgehead atoms. The average molecular weight is 310 g/mol. The van der Waals surface area contributed by atoms with E-state index in [1.807, 2.05) is 19.2 Å². The molecule has 0 aromatic heterocycles. The molecule has 0 N–H and O–H groups in total. The number of sulfonamides is 1. The highest BCUT2D eigenvalue weighted by molar-refractivity contribution is 7.87. The first-order valence-electron chi connectivity index (χ1n) is 7.09. The molecule has 1 aliphatic carbocycles. The van der Waals surface area contributed by atoms with E-state index in [4.69, 9.17) is 4.74 Å². The van der Waals surface area contributed by atoms with Crippen molar-refractivity contribution in [3.05, 3.63) is 34.9 Å². The zero-order valence-electron chi connectivity index (χ0n) is 12.5. The van der Waals surface area contributed by atoms with Crippen molar-refractivity contribution >= 4 is 16.0 Å². The third kappa shape index (κ3) is 1.92. The lowest BCUT2D eigenvalue weighted by Crippen LogP contribution is -2.71. The highest BCUT2D eigenvalue weighted by Crippen LogP contribution is 2.39. The maximum Gasteiger partial charge on any atom is 0.337 e. The fourth-order valence-electron chi connectivity index (χ4n) is 3.62. The largest absolute Gasteiger partial charge is 0.465 e. The molecule has 0 spiro atoms. The molecule has 0 saturated carbocycles. The number of ether oxygens (including phenoxy) is 1. The second kappa shape index (κ2) is 4.55. The van der Waals surface area contributed by atoms with Crippen LogP contribution in [0.1, 0.15) is 28.4 Å². The normalized spacial score (nSPS) is 33.1. The van der Waals surface area contributed by atoms with Gasteiger partial charge >= 0.3 is 16.0 Å². The summed E-state index contributed by atoms with van der Waals surface area (Å²) in [6.07, 6.45) is 1.45. The highest BCUT2D eigenvalue weighted by Gasteiger charge is 2.59. The van der Waals surface area contributed by atoms with E-state index in [9.17, 15) is 13.2 Å². The van der Waals surface area contributed by atoms with Crippen LogP contribution in [0.3, 0.4) is 0 Å². The molecular formula is C15H20NO4S+. The summed E-state index contributed by atoms with van der Waals surface area (Å²) in [5.74, 6) is -0.355. The quantitative estimate of drug-likeness (QED) is 0.607. The molecule has 1 fully saturated rings. The van der Waals surface area contributed by atoms with Gasteiger partial charge in [-0.3, -0.25) is 0 Å². The monoisotopic (exact) mass is 310 g/mol. The summed E-state index contributed by atoms with van der Waals surface area (Å²) in [7, 11) is 0.0854. The topological polar surface area (TPSA) is 60.4 Å². The fourth-order valence-corrected chi connectivity index (χ4v) is 5.68. The maximum absolute atomic E-state index is 12.3. The highest BCUT2D eigenvalue weighted by atomic mass is 32.2. The van der Waals surface area contributed by atoms with Crippen molar-refractivity contribution in [1.29, 1.82) is 0 Å². The Morgan fingerprint density at radius 2 is 1.95 bits per heavy atom. The Morgan fingerprint density at radius 3 is 2.52 bits per heavy atom. The molecule has 2 aliphatic rings. The van der Waals surface area contributed by atoms with Gasteiger partial charge in [0.1, 0.15) is 12.6 Å². The minimum atomic E-state index is -3.09. The first-order chi connectivity index (χ1) is 9.79. The molecule has 3 rings (SSSR count). The van der Waals surface area contributed by atoms with Crippen LogP contribution in [0.2, 0.25) is 0 Å². The lowest BCUT2D eigenvalue weighted by molar-refractivity contribution is -0.830. The molecule has 114 valence electrons.